The van der Waals surface area contributed by atoms with Gasteiger partial charge in [-0.15, -0.1) is 0 Å². The minimum absolute atomic E-state index is 0.0278. The molecule has 0 heterocycles. The number of aliphatic hydroxyl groups excluding tert-OH is 2. The van der Waals surface area contributed by atoms with Gasteiger partial charge in [-0.1, -0.05) is 13.8 Å². The summed E-state index contributed by atoms with van der Waals surface area (Å²) in [5.41, 5.74) is 0. The van der Waals surface area contributed by atoms with Crippen LogP contribution < -0.4 is 0 Å². The van der Waals surface area contributed by atoms with Crippen LogP contribution in [-0.4, -0.2) is 47.7 Å². The molecule has 0 aromatic rings. The summed E-state index contributed by atoms with van der Waals surface area (Å²) in [7, 11) is 0. The maximum Gasteiger partial charge on any atom is 0.306 e. The van der Waals surface area contributed by atoms with Crippen molar-refractivity contribution in [3.63, 3.8) is 0 Å². The van der Waals surface area contributed by atoms with E-state index >= 15 is 0 Å². The fourth-order valence-corrected chi connectivity index (χ4v) is 0.869. The number of hydrogen-bond donors (Lipinski definition) is 3. The molecule has 0 aliphatic carbocycles. The van der Waals surface area contributed by atoms with Crippen LogP contribution in [0, 0.1) is 5.92 Å². The number of carboxylic acid groups (broad SMARTS) is 1. The zero-order valence-electron chi connectivity index (χ0n) is 9.48. The van der Waals surface area contributed by atoms with Gasteiger partial charge in [0.2, 0.25) is 0 Å². The highest BCUT2D eigenvalue weighted by atomic mass is 16.5. The molecule has 0 amide bonds. The molecule has 5 nitrogen and oxygen atoms in total. The SMILES string of the molecule is CCC(CC)C(=O)O.OCCOCCO. The van der Waals surface area contributed by atoms with Crippen LogP contribution in [0.5, 0.6) is 0 Å². The second-order valence-electron chi connectivity index (χ2n) is 2.91. The van der Waals surface area contributed by atoms with Crippen LogP contribution >= 0.6 is 0 Å². The molecule has 15 heavy (non-hydrogen) atoms. The van der Waals surface area contributed by atoms with E-state index in [0.29, 0.717) is 13.2 Å². The summed E-state index contributed by atoms with van der Waals surface area (Å²) in [6, 6.07) is 0. The average Bonchev–Trinajstić information content (AvgIpc) is 2.21. The number of rotatable bonds is 7. The Morgan fingerprint density at radius 1 is 1.13 bits per heavy atom. The number of aliphatic carboxylic acids is 1. The van der Waals surface area contributed by atoms with Gasteiger partial charge in [0.05, 0.1) is 32.3 Å². The zero-order chi connectivity index (χ0) is 12.1. The predicted octanol–water partition coefficient (Wildman–Crippen LogP) is 0.495. The van der Waals surface area contributed by atoms with Crippen molar-refractivity contribution in [2.45, 2.75) is 26.7 Å². The summed E-state index contributed by atoms with van der Waals surface area (Å²) in [6.07, 6.45) is 1.48. The third kappa shape index (κ3) is 13.3. The van der Waals surface area contributed by atoms with Crippen LogP contribution in [0.4, 0.5) is 0 Å². The second-order valence-corrected chi connectivity index (χ2v) is 2.91. The van der Waals surface area contributed by atoms with Gasteiger partial charge in [0.25, 0.3) is 0 Å². The molecule has 0 saturated heterocycles. The van der Waals surface area contributed by atoms with Gasteiger partial charge in [-0.3, -0.25) is 4.79 Å². The van der Waals surface area contributed by atoms with Gasteiger partial charge in [0.1, 0.15) is 0 Å². The monoisotopic (exact) mass is 222 g/mol. The number of carbonyl (C=O) groups is 1. The van der Waals surface area contributed by atoms with Gasteiger partial charge < -0.3 is 20.1 Å². The number of aliphatic hydroxyl groups is 2. The minimum atomic E-state index is -0.671. The molecule has 0 aromatic heterocycles. The predicted molar refractivity (Wildman–Crippen MR) is 56.7 cm³/mol. The van der Waals surface area contributed by atoms with Crippen molar-refractivity contribution < 1.29 is 24.9 Å². The quantitative estimate of drug-likeness (QED) is 0.546. The van der Waals surface area contributed by atoms with Crippen LogP contribution in [0.2, 0.25) is 0 Å². The molecule has 5 heteroatoms. The van der Waals surface area contributed by atoms with E-state index in [4.69, 9.17) is 15.3 Å². The van der Waals surface area contributed by atoms with Gasteiger partial charge in [-0.25, -0.2) is 0 Å². The molecule has 3 N–H and O–H groups in total. The highest BCUT2D eigenvalue weighted by Crippen LogP contribution is 2.05. The Morgan fingerprint density at radius 3 is 1.67 bits per heavy atom. The summed E-state index contributed by atoms with van der Waals surface area (Å²) >= 11 is 0. The summed E-state index contributed by atoms with van der Waals surface area (Å²) in [6.45, 7) is 4.48. The van der Waals surface area contributed by atoms with E-state index in [1.807, 2.05) is 13.8 Å². The Morgan fingerprint density at radius 2 is 1.53 bits per heavy atom. The van der Waals surface area contributed by atoms with Crippen molar-refractivity contribution >= 4 is 5.97 Å². The van der Waals surface area contributed by atoms with E-state index in [9.17, 15) is 4.79 Å². The van der Waals surface area contributed by atoms with Crippen molar-refractivity contribution in [2.24, 2.45) is 5.92 Å². The van der Waals surface area contributed by atoms with Crippen molar-refractivity contribution in [3.05, 3.63) is 0 Å². The Balaban J connectivity index is 0. The molecule has 0 aromatic carbocycles. The topological polar surface area (TPSA) is 87.0 Å². The molecule has 0 fully saturated rings. The van der Waals surface area contributed by atoms with Gasteiger partial charge in [-0.05, 0) is 12.8 Å². The van der Waals surface area contributed by atoms with E-state index in [1.54, 1.807) is 0 Å². The fraction of sp³-hybridized carbons (Fsp3) is 0.900. The van der Waals surface area contributed by atoms with E-state index in [2.05, 4.69) is 4.74 Å². The molecule has 0 atom stereocenters. The van der Waals surface area contributed by atoms with Gasteiger partial charge in [-0.2, -0.15) is 0 Å². The zero-order valence-corrected chi connectivity index (χ0v) is 9.48. The molecule has 0 saturated carbocycles. The van der Waals surface area contributed by atoms with Gasteiger partial charge in [0.15, 0.2) is 0 Å². The van der Waals surface area contributed by atoms with Crippen LogP contribution in [0.25, 0.3) is 0 Å². The minimum Gasteiger partial charge on any atom is -0.481 e. The number of ether oxygens (including phenoxy) is 1. The third-order valence-electron chi connectivity index (χ3n) is 1.81. The lowest BCUT2D eigenvalue weighted by atomic mass is 10.1. The highest BCUT2D eigenvalue weighted by molar-refractivity contribution is 5.69. The summed E-state index contributed by atoms with van der Waals surface area (Å²) in [5, 5.41) is 24.5. The molecule has 0 aliphatic heterocycles. The standard InChI is InChI=1S/C6H12O2.C4H10O3/c1-3-5(4-2)6(7)8;5-1-3-7-4-2-6/h5H,3-4H2,1-2H3,(H,7,8);5-6H,1-4H2. The summed E-state index contributed by atoms with van der Waals surface area (Å²) in [4.78, 5) is 10.2. The van der Waals surface area contributed by atoms with Crippen LogP contribution in [0.15, 0.2) is 0 Å². The molecule has 0 radical (unpaired) electrons. The van der Waals surface area contributed by atoms with Crippen LogP contribution in [-0.2, 0) is 9.53 Å². The van der Waals surface area contributed by atoms with E-state index < -0.39 is 5.97 Å². The second kappa shape index (κ2) is 13.4. The lowest BCUT2D eigenvalue weighted by molar-refractivity contribution is -0.141. The average molecular weight is 222 g/mol. The normalized spacial score (nSPS) is 9.67. The molecular weight excluding hydrogens is 200 g/mol. The first-order valence-electron chi connectivity index (χ1n) is 5.16. The lowest BCUT2D eigenvalue weighted by Gasteiger charge is -2.02. The molecule has 0 spiro atoms. The molecule has 0 rings (SSSR count). The molecular formula is C10H22O5. The van der Waals surface area contributed by atoms with Crippen molar-refractivity contribution in [1.82, 2.24) is 0 Å². The van der Waals surface area contributed by atoms with Crippen molar-refractivity contribution in [1.29, 1.82) is 0 Å². The van der Waals surface area contributed by atoms with Crippen LogP contribution in [0.3, 0.4) is 0 Å². The summed E-state index contributed by atoms with van der Waals surface area (Å²) < 4.78 is 4.63. The summed E-state index contributed by atoms with van der Waals surface area (Å²) in [5.74, 6) is -0.801. The van der Waals surface area contributed by atoms with Crippen molar-refractivity contribution in [3.8, 4) is 0 Å². The Hall–Kier alpha value is -0.650. The molecule has 0 unspecified atom stereocenters. The molecule has 0 bridgehead atoms. The lowest BCUT2D eigenvalue weighted by Crippen LogP contribution is -2.10. The first-order chi connectivity index (χ1) is 7.13. The first-order valence-corrected chi connectivity index (χ1v) is 5.16. The van der Waals surface area contributed by atoms with Crippen LogP contribution in [0.1, 0.15) is 26.7 Å². The number of hydrogen-bond acceptors (Lipinski definition) is 4. The van der Waals surface area contributed by atoms with E-state index in [-0.39, 0.29) is 19.1 Å². The first kappa shape index (κ1) is 16.8. The molecule has 92 valence electrons. The number of carboxylic acids is 1. The van der Waals surface area contributed by atoms with Crippen molar-refractivity contribution in [2.75, 3.05) is 26.4 Å². The smallest absolute Gasteiger partial charge is 0.306 e. The highest BCUT2D eigenvalue weighted by Gasteiger charge is 2.10. The maximum absolute atomic E-state index is 10.2. The van der Waals surface area contributed by atoms with E-state index in [1.165, 1.54) is 0 Å². The largest absolute Gasteiger partial charge is 0.481 e. The van der Waals surface area contributed by atoms with Gasteiger partial charge >= 0.3 is 5.97 Å². The fourth-order valence-electron chi connectivity index (χ4n) is 0.869. The Labute approximate surface area is 90.7 Å². The van der Waals surface area contributed by atoms with E-state index in [0.717, 1.165) is 12.8 Å². The Bertz CT molecular complexity index is 130. The Kier molecular flexibility index (Phi) is 14.9. The molecule has 0 aliphatic rings. The maximum atomic E-state index is 10.2. The third-order valence-corrected chi connectivity index (χ3v) is 1.81. The van der Waals surface area contributed by atoms with Gasteiger partial charge in [0, 0.05) is 0 Å².